The summed E-state index contributed by atoms with van der Waals surface area (Å²) in [7, 11) is 0. The molecule has 1 aromatic heterocycles. The third-order valence-corrected chi connectivity index (χ3v) is 3.71. The van der Waals surface area contributed by atoms with Crippen LogP contribution in [0, 0.1) is 5.92 Å². The lowest BCUT2D eigenvalue weighted by Crippen LogP contribution is -2.25. The van der Waals surface area contributed by atoms with Gasteiger partial charge in [-0.15, -0.1) is 0 Å². The van der Waals surface area contributed by atoms with E-state index in [2.05, 4.69) is 25.9 Å². The smallest absolute Gasteiger partial charge is 0.143 e. The van der Waals surface area contributed by atoms with Gasteiger partial charge < -0.3 is 5.73 Å². The quantitative estimate of drug-likeness (QED) is 0.746. The van der Waals surface area contributed by atoms with Gasteiger partial charge in [0.15, 0.2) is 0 Å². The minimum absolute atomic E-state index is 0.0108. The molecular formula is C15H27N3O. The average Bonchev–Trinajstić information content (AvgIpc) is 2.85. The van der Waals surface area contributed by atoms with Crippen LogP contribution in [0.2, 0.25) is 0 Å². The maximum atomic E-state index is 12.1. The van der Waals surface area contributed by atoms with Crippen molar-refractivity contribution < 1.29 is 4.79 Å². The largest absolute Gasteiger partial charge is 0.330 e. The summed E-state index contributed by atoms with van der Waals surface area (Å²) in [5, 5.41) is 4.52. The summed E-state index contributed by atoms with van der Waals surface area (Å²) < 4.78 is 1.99. The number of aromatic nitrogens is 2. The molecule has 4 nitrogen and oxygen atoms in total. The molecule has 0 radical (unpaired) electrons. The summed E-state index contributed by atoms with van der Waals surface area (Å²) in [6, 6.07) is 2.39. The summed E-state index contributed by atoms with van der Waals surface area (Å²) in [5.74, 6) is 0.211. The summed E-state index contributed by atoms with van der Waals surface area (Å²) in [6.07, 6.45) is 6.39. The number of Topliss-reactive ketones (excluding diaryl/α,β-unsaturated/α-hetero) is 1. The van der Waals surface area contributed by atoms with E-state index >= 15 is 0 Å². The Hall–Kier alpha value is -1.16. The molecule has 0 saturated heterocycles. The molecule has 0 amide bonds. The van der Waals surface area contributed by atoms with Crippen LogP contribution in [0.3, 0.4) is 0 Å². The highest BCUT2D eigenvalue weighted by molar-refractivity contribution is 5.83. The van der Waals surface area contributed by atoms with Gasteiger partial charge in [-0.1, -0.05) is 27.2 Å². The van der Waals surface area contributed by atoms with E-state index in [1.807, 2.05) is 16.9 Å². The van der Waals surface area contributed by atoms with Crippen LogP contribution >= 0.6 is 0 Å². The lowest BCUT2D eigenvalue weighted by molar-refractivity contribution is -0.122. The van der Waals surface area contributed by atoms with Crippen LogP contribution in [-0.4, -0.2) is 22.1 Å². The number of hydrogen-bond donors (Lipinski definition) is 1. The number of rotatable bonds is 9. The maximum absolute atomic E-state index is 12.1. The number of carbonyl (C=O) groups excluding carboxylic acids is 1. The van der Waals surface area contributed by atoms with Crippen LogP contribution in [0.4, 0.5) is 0 Å². The second kappa shape index (κ2) is 8.10. The molecule has 1 unspecified atom stereocenters. The third kappa shape index (κ3) is 4.46. The minimum atomic E-state index is -0.0108. The zero-order valence-electron chi connectivity index (χ0n) is 12.4. The molecule has 0 fully saturated rings. The molecule has 108 valence electrons. The van der Waals surface area contributed by atoms with Gasteiger partial charge in [0, 0.05) is 18.7 Å². The standard InChI is InChI=1S/C15H27N3O/c1-4-7-12(11-16)15(19)10-13-8-9-18(17-13)14(5-2)6-3/h8-9,12,14H,4-7,10-11,16H2,1-3H3. The molecule has 0 aliphatic heterocycles. The van der Waals surface area contributed by atoms with Crippen LogP contribution in [-0.2, 0) is 11.2 Å². The van der Waals surface area contributed by atoms with Gasteiger partial charge in [0.2, 0.25) is 0 Å². The van der Waals surface area contributed by atoms with Crippen molar-refractivity contribution in [1.29, 1.82) is 0 Å². The first-order valence-electron chi connectivity index (χ1n) is 7.42. The predicted octanol–water partition coefficient (Wildman–Crippen LogP) is 2.73. The van der Waals surface area contributed by atoms with E-state index in [4.69, 9.17) is 5.73 Å². The van der Waals surface area contributed by atoms with Crippen molar-refractivity contribution in [2.24, 2.45) is 11.7 Å². The highest BCUT2D eigenvalue weighted by Crippen LogP contribution is 2.16. The molecule has 19 heavy (non-hydrogen) atoms. The fourth-order valence-corrected chi connectivity index (χ4v) is 2.42. The van der Waals surface area contributed by atoms with Crippen molar-refractivity contribution in [1.82, 2.24) is 9.78 Å². The highest BCUT2D eigenvalue weighted by Gasteiger charge is 2.17. The monoisotopic (exact) mass is 265 g/mol. The Morgan fingerprint density at radius 3 is 2.58 bits per heavy atom. The van der Waals surface area contributed by atoms with Gasteiger partial charge in [-0.3, -0.25) is 9.48 Å². The van der Waals surface area contributed by atoms with Gasteiger partial charge >= 0.3 is 0 Å². The number of nitrogens with zero attached hydrogens (tertiary/aromatic N) is 2. The van der Waals surface area contributed by atoms with Crippen molar-refractivity contribution in [3.8, 4) is 0 Å². The van der Waals surface area contributed by atoms with E-state index in [-0.39, 0.29) is 11.7 Å². The van der Waals surface area contributed by atoms with Crippen LogP contribution in [0.5, 0.6) is 0 Å². The number of ketones is 1. The topological polar surface area (TPSA) is 60.9 Å². The first-order valence-corrected chi connectivity index (χ1v) is 7.42. The Morgan fingerprint density at radius 2 is 2.05 bits per heavy atom. The van der Waals surface area contributed by atoms with E-state index in [0.717, 1.165) is 31.4 Å². The van der Waals surface area contributed by atoms with E-state index in [1.165, 1.54) is 0 Å². The molecule has 1 atom stereocenters. The second-order valence-corrected chi connectivity index (χ2v) is 5.12. The Kier molecular flexibility index (Phi) is 6.78. The molecule has 0 aliphatic rings. The van der Waals surface area contributed by atoms with Gasteiger partial charge in [0.05, 0.1) is 18.2 Å². The molecule has 0 aromatic carbocycles. The number of hydrogen-bond acceptors (Lipinski definition) is 3. The van der Waals surface area contributed by atoms with Crippen LogP contribution in [0.1, 0.15) is 58.2 Å². The molecule has 2 N–H and O–H groups in total. The number of carbonyl (C=O) groups is 1. The van der Waals surface area contributed by atoms with Gasteiger partial charge in [0.1, 0.15) is 5.78 Å². The Bertz CT molecular complexity index is 382. The van der Waals surface area contributed by atoms with Crippen molar-refractivity contribution in [3.63, 3.8) is 0 Å². The Balaban J connectivity index is 2.64. The van der Waals surface area contributed by atoms with Crippen LogP contribution in [0.25, 0.3) is 0 Å². The third-order valence-electron chi connectivity index (χ3n) is 3.71. The molecule has 0 aliphatic carbocycles. The molecule has 0 bridgehead atoms. The molecule has 0 spiro atoms. The lowest BCUT2D eigenvalue weighted by atomic mass is 9.96. The Morgan fingerprint density at radius 1 is 1.37 bits per heavy atom. The van der Waals surface area contributed by atoms with Crippen molar-refractivity contribution in [2.75, 3.05) is 6.54 Å². The molecule has 1 heterocycles. The molecule has 1 aromatic rings. The van der Waals surface area contributed by atoms with Gasteiger partial charge in [0.25, 0.3) is 0 Å². The van der Waals surface area contributed by atoms with Crippen molar-refractivity contribution in [2.45, 2.75) is 58.9 Å². The molecule has 0 saturated carbocycles. The van der Waals surface area contributed by atoms with E-state index in [0.29, 0.717) is 19.0 Å². The van der Waals surface area contributed by atoms with Crippen LogP contribution in [0.15, 0.2) is 12.3 Å². The van der Waals surface area contributed by atoms with E-state index in [9.17, 15) is 4.79 Å². The summed E-state index contributed by atoms with van der Waals surface area (Å²) in [6.45, 7) is 6.84. The summed E-state index contributed by atoms with van der Waals surface area (Å²) in [5.41, 5.74) is 6.53. The summed E-state index contributed by atoms with van der Waals surface area (Å²) in [4.78, 5) is 12.1. The zero-order chi connectivity index (χ0) is 14.3. The normalized spacial score (nSPS) is 12.9. The predicted molar refractivity (Wildman–Crippen MR) is 78.0 cm³/mol. The zero-order valence-corrected chi connectivity index (χ0v) is 12.4. The van der Waals surface area contributed by atoms with Gasteiger partial charge in [-0.25, -0.2) is 0 Å². The fourth-order valence-electron chi connectivity index (χ4n) is 2.42. The summed E-state index contributed by atoms with van der Waals surface area (Å²) >= 11 is 0. The van der Waals surface area contributed by atoms with Crippen LogP contribution < -0.4 is 5.73 Å². The average molecular weight is 265 g/mol. The molecule has 4 heteroatoms. The fraction of sp³-hybridized carbons (Fsp3) is 0.733. The first-order chi connectivity index (χ1) is 9.15. The lowest BCUT2D eigenvalue weighted by Gasteiger charge is -2.13. The molecule has 1 rings (SSSR count). The second-order valence-electron chi connectivity index (χ2n) is 5.12. The Labute approximate surface area is 116 Å². The van der Waals surface area contributed by atoms with Gasteiger partial charge in [-0.05, 0) is 25.3 Å². The number of nitrogens with two attached hydrogens (primary N) is 1. The van der Waals surface area contributed by atoms with Gasteiger partial charge in [-0.2, -0.15) is 5.10 Å². The first kappa shape index (κ1) is 15.9. The van der Waals surface area contributed by atoms with Crippen molar-refractivity contribution in [3.05, 3.63) is 18.0 Å². The maximum Gasteiger partial charge on any atom is 0.143 e. The van der Waals surface area contributed by atoms with E-state index in [1.54, 1.807) is 0 Å². The minimum Gasteiger partial charge on any atom is -0.330 e. The SMILES string of the molecule is CCCC(CN)C(=O)Cc1ccn(C(CC)CC)n1. The van der Waals surface area contributed by atoms with E-state index < -0.39 is 0 Å². The molecular weight excluding hydrogens is 238 g/mol. The van der Waals surface area contributed by atoms with Crippen molar-refractivity contribution >= 4 is 5.78 Å². The highest BCUT2D eigenvalue weighted by atomic mass is 16.1.